The molecule has 0 bridgehead atoms. The molecule has 1 radical (unpaired) electrons. The van der Waals surface area contributed by atoms with Crippen LogP contribution in [0.2, 0.25) is 0 Å². The average Bonchev–Trinajstić information content (AvgIpc) is 2.39. The summed E-state index contributed by atoms with van der Waals surface area (Å²) in [6, 6.07) is 16.9. The van der Waals surface area contributed by atoms with Crippen molar-refractivity contribution in [2.24, 2.45) is 0 Å². The Morgan fingerprint density at radius 1 is 0.938 bits per heavy atom. The predicted molar refractivity (Wildman–Crippen MR) is 65.4 cm³/mol. The summed E-state index contributed by atoms with van der Waals surface area (Å²) in [4.78, 5) is 12.2. The van der Waals surface area contributed by atoms with Crippen LogP contribution in [0.15, 0.2) is 54.6 Å². The first-order chi connectivity index (χ1) is 7.83. The van der Waals surface area contributed by atoms with Gasteiger partial charge in [0.25, 0.3) is 0 Å². The minimum atomic E-state index is 0.0693. The normalized spacial score (nSPS) is 10.1. The molecule has 2 aromatic rings. The first-order valence-electron chi connectivity index (χ1n) is 5.30. The standard InChI is InChI=1S/C15H13O/c1-2-12-8-6-7-11-14(12)15(16)13-9-4-3-5-10-13/h3-11H,1-2H2. The molecule has 79 valence electrons. The average molecular weight is 209 g/mol. The van der Waals surface area contributed by atoms with Crippen LogP contribution in [0.3, 0.4) is 0 Å². The lowest BCUT2D eigenvalue weighted by Gasteiger charge is -2.06. The molecule has 0 atom stereocenters. The lowest BCUT2D eigenvalue weighted by atomic mass is 9.97. The predicted octanol–water partition coefficient (Wildman–Crippen LogP) is 3.29. The van der Waals surface area contributed by atoms with Crippen molar-refractivity contribution in [2.45, 2.75) is 6.42 Å². The van der Waals surface area contributed by atoms with Gasteiger partial charge in [-0.25, -0.2) is 0 Å². The van der Waals surface area contributed by atoms with Crippen molar-refractivity contribution >= 4 is 5.78 Å². The van der Waals surface area contributed by atoms with Crippen LogP contribution in [-0.2, 0) is 6.42 Å². The van der Waals surface area contributed by atoms with Gasteiger partial charge in [-0.1, -0.05) is 54.6 Å². The Balaban J connectivity index is 2.42. The number of rotatable bonds is 3. The Labute approximate surface area is 95.7 Å². The molecule has 0 saturated heterocycles. The Bertz CT molecular complexity index is 486. The SMILES string of the molecule is [CH2]Cc1ccccc1C(=O)c1ccccc1. The van der Waals surface area contributed by atoms with Gasteiger partial charge in [-0.2, -0.15) is 0 Å². The Morgan fingerprint density at radius 3 is 2.25 bits per heavy atom. The van der Waals surface area contributed by atoms with Crippen molar-refractivity contribution in [1.29, 1.82) is 0 Å². The number of benzene rings is 2. The quantitative estimate of drug-likeness (QED) is 0.709. The van der Waals surface area contributed by atoms with Gasteiger partial charge < -0.3 is 0 Å². The molecule has 0 unspecified atom stereocenters. The highest BCUT2D eigenvalue weighted by molar-refractivity contribution is 6.09. The zero-order chi connectivity index (χ0) is 11.4. The van der Waals surface area contributed by atoms with Crippen molar-refractivity contribution in [3.05, 3.63) is 78.2 Å². The van der Waals surface area contributed by atoms with E-state index in [0.29, 0.717) is 6.42 Å². The highest BCUT2D eigenvalue weighted by Crippen LogP contribution is 2.14. The molecule has 0 amide bonds. The molecule has 0 aliphatic heterocycles. The molecule has 0 saturated carbocycles. The summed E-state index contributed by atoms with van der Waals surface area (Å²) in [7, 11) is 0. The molecule has 16 heavy (non-hydrogen) atoms. The second-order valence-electron chi connectivity index (χ2n) is 3.60. The summed E-state index contributed by atoms with van der Waals surface area (Å²) in [5, 5.41) is 0. The second-order valence-corrected chi connectivity index (χ2v) is 3.60. The van der Waals surface area contributed by atoms with E-state index in [1.54, 1.807) is 0 Å². The number of carbonyl (C=O) groups excluding carboxylic acids is 1. The summed E-state index contributed by atoms with van der Waals surface area (Å²) in [5.41, 5.74) is 2.48. The maximum absolute atomic E-state index is 12.2. The number of ketones is 1. The highest BCUT2D eigenvalue weighted by Gasteiger charge is 2.11. The van der Waals surface area contributed by atoms with E-state index in [9.17, 15) is 4.79 Å². The summed E-state index contributed by atoms with van der Waals surface area (Å²) < 4.78 is 0. The molecule has 0 N–H and O–H groups in total. The van der Waals surface area contributed by atoms with Crippen LogP contribution in [0.5, 0.6) is 0 Å². The van der Waals surface area contributed by atoms with Gasteiger partial charge in [0.05, 0.1) is 0 Å². The van der Waals surface area contributed by atoms with Crippen molar-refractivity contribution in [3.63, 3.8) is 0 Å². The molecular weight excluding hydrogens is 196 g/mol. The van der Waals surface area contributed by atoms with E-state index in [1.807, 2.05) is 54.6 Å². The van der Waals surface area contributed by atoms with Crippen molar-refractivity contribution in [3.8, 4) is 0 Å². The zero-order valence-corrected chi connectivity index (χ0v) is 9.02. The van der Waals surface area contributed by atoms with E-state index < -0.39 is 0 Å². The summed E-state index contributed by atoms with van der Waals surface area (Å²) in [6.45, 7) is 3.84. The molecule has 0 aromatic heterocycles. The molecular formula is C15H13O. The fourth-order valence-electron chi connectivity index (χ4n) is 1.70. The zero-order valence-electron chi connectivity index (χ0n) is 9.02. The topological polar surface area (TPSA) is 17.1 Å². The molecule has 0 spiro atoms. The van der Waals surface area contributed by atoms with Crippen molar-refractivity contribution < 1.29 is 4.79 Å². The first-order valence-corrected chi connectivity index (χ1v) is 5.30. The molecule has 0 aliphatic carbocycles. The van der Waals surface area contributed by atoms with Crippen LogP contribution >= 0.6 is 0 Å². The maximum Gasteiger partial charge on any atom is 0.193 e. The minimum absolute atomic E-state index is 0.0693. The molecule has 0 heterocycles. The smallest absolute Gasteiger partial charge is 0.193 e. The lowest BCUT2D eigenvalue weighted by Crippen LogP contribution is -2.04. The van der Waals surface area contributed by atoms with E-state index in [-0.39, 0.29) is 5.78 Å². The monoisotopic (exact) mass is 209 g/mol. The van der Waals surface area contributed by atoms with Gasteiger partial charge in [0, 0.05) is 11.1 Å². The van der Waals surface area contributed by atoms with Gasteiger partial charge in [-0.05, 0) is 18.9 Å². The first kappa shape index (κ1) is 10.6. The van der Waals surface area contributed by atoms with Crippen LogP contribution in [0, 0.1) is 6.92 Å². The minimum Gasteiger partial charge on any atom is -0.289 e. The fourth-order valence-corrected chi connectivity index (χ4v) is 1.70. The molecule has 2 aromatic carbocycles. The van der Waals surface area contributed by atoms with Crippen molar-refractivity contribution in [1.82, 2.24) is 0 Å². The molecule has 1 heteroatoms. The van der Waals surface area contributed by atoms with Crippen LogP contribution < -0.4 is 0 Å². The van der Waals surface area contributed by atoms with Crippen LogP contribution in [0.4, 0.5) is 0 Å². The summed E-state index contributed by atoms with van der Waals surface area (Å²) in [6.07, 6.45) is 0.634. The van der Waals surface area contributed by atoms with Crippen LogP contribution in [0.25, 0.3) is 0 Å². The molecule has 0 fully saturated rings. The molecule has 0 aliphatic rings. The lowest BCUT2D eigenvalue weighted by molar-refractivity contribution is 0.103. The number of hydrogen-bond donors (Lipinski definition) is 0. The van der Waals surface area contributed by atoms with E-state index in [1.165, 1.54) is 0 Å². The van der Waals surface area contributed by atoms with E-state index in [2.05, 4.69) is 6.92 Å². The number of carbonyl (C=O) groups is 1. The number of hydrogen-bond acceptors (Lipinski definition) is 1. The van der Waals surface area contributed by atoms with Gasteiger partial charge >= 0.3 is 0 Å². The van der Waals surface area contributed by atoms with E-state index >= 15 is 0 Å². The molecule has 2 rings (SSSR count). The third-order valence-corrected chi connectivity index (χ3v) is 2.57. The van der Waals surface area contributed by atoms with Gasteiger partial charge in [0.2, 0.25) is 0 Å². The Morgan fingerprint density at radius 2 is 1.56 bits per heavy atom. The third-order valence-electron chi connectivity index (χ3n) is 2.57. The van der Waals surface area contributed by atoms with Gasteiger partial charge in [-0.15, -0.1) is 0 Å². The fraction of sp³-hybridized carbons (Fsp3) is 0.0667. The van der Waals surface area contributed by atoms with Gasteiger partial charge in [0.15, 0.2) is 5.78 Å². The van der Waals surface area contributed by atoms with Crippen molar-refractivity contribution in [2.75, 3.05) is 0 Å². The van der Waals surface area contributed by atoms with E-state index in [0.717, 1.165) is 16.7 Å². The highest BCUT2D eigenvalue weighted by atomic mass is 16.1. The summed E-state index contributed by atoms with van der Waals surface area (Å²) >= 11 is 0. The Hall–Kier alpha value is -1.89. The second kappa shape index (κ2) is 4.75. The van der Waals surface area contributed by atoms with Gasteiger partial charge in [0.1, 0.15) is 0 Å². The maximum atomic E-state index is 12.2. The van der Waals surface area contributed by atoms with E-state index in [4.69, 9.17) is 0 Å². The van der Waals surface area contributed by atoms with Gasteiger partial charge in [-0.3, -0.25) is 4.79 Å². The van der Waals surface area contributed by atoms with Crippen LogP contribution in [-0.4, -0.2) is 5.78 Å². The third kappa shape index (κ3) is 2.03. The largest absolute Gasteiger partial charge is 0.289 e. The molecule has 1 nitrogen and oxygen atoms in total. The summed E-state index contributed by atoms with van der Waals surface area (Å²) in [5.74, 6) is 0.0693. The Kier molecular flexibility index (Phi) is 3.16. The van der Waals surface area contributed by atoms with Crippen LogP contribution in [0.1, 0.15) is 21.5 Å².